The van der Waals surface area contributed by atoms with Gasteiger partial charge in [-0.2, -0.15) is 0 Å². The zero-order chi connectivity index (χ0) is 16.7. The first-order valence-corrected chi connectivity index (χ1v) is 7.58. The van der Waals surface area contributed by atoms with Gasteiger partial charge in [0.1, 0.15) is 11.8 Å². The fourth-order valence-corrected chi connectivity index (χ4v) is 2.33. The molecule has 0 unspecified atom stereocenters. The second-order valence-corrected chi connectivity index (χ2v) is 5.91. The lowest BCUT2D eigenvalue weighted by Crippen LogP contribution is -2.46. The van der Waals surface area contributed by atoms with Crippen LogP contribution in [-0.4, -0.2) is 32.0 Å². The number of hydrogen-bond donors (Lipinski definition) is 2. The minimum absolute atomic E-state index is 0.119. The Morgan fingerprint density at radius 1 is 1.32 bits per heavy atom. The predicted octanol–water partition coefficient (Wildman–Crippen LogP) is 2.17. The summed E-state index contributed by atoms with van der Waals surface area (Å²) >= 11 is 6.12. The number of ether oxygens (including phenoxy) is 1. The molecule has 0 spiro atoms. The van der Waals surface area contributed by atoms with E-state index in [4.69, 9.17) is 16.3 Å². The summed E-state index contributed by atoms with van der Waals surface area (Å²) in [4.78, 5) is 24.0. The number of halogens is 1. The van der Waals surface area contributed by atoms with E-state index < -0.39 is 6.04 Å². The third kappa shape index (κ3) is 5.56. The van der Waals surface area contributed by atoms with Crippen LogP contribution in [0, 0.1) is 5.92 Å². The summed E-state index contributed by atoms with van der Waals surface area (Å²) in [6.45, 7) is 4.00. The van der Waals surface area contributed by atoms with Gasteiger partial charge in [-0.25, -0.2) is 0 Å². The lowest BCUT2D eigenvalue weighted by atomic mass is 10.0. The molecule has 0 radical (unpaired) electrons. The van der Waals surface area contributed by atoms with Crippen molar-refractivity contribution in [3.8, 4) is 5.75 Å². The van der Waals surface area contributed by atoms with Crippen LogP contribution < -0.4 is 15.4 Å². The van der Waals surface area contributed by atoms with E-state index in [1.807, 2.05) is 13.8 Å². The average molecular weight is 327 g/mol. The molecule has 1 aromatic carbocycles. The van der Waals surface area contributed by atoms with Crippen LogP contribution in [0.15, 0.2) is 18.2 Å². The van der Waals surface area contributed by atoms with Gasteiger partial charge in [-0.05, 0) is 30.0 Å². The Hall–Kier alpha value is -1.75. The summed E-state index contributed by atoms with van der Waals surface area (Å²) in [6.07, 6.45) is 0.705. The van der Waals surface area contributed by atoms with Crippen molar-refractivity contribution >= 4 is 23.4 Å². The summed E-state index contributed by atoms with van der Waals surface area (Å²) in [5, 5.41) is 5.80. The largest absolute Gasteiger partial charge is 0.497 e. The summed E-state index contributed by atoms with van der Waals surface area (Å²) in [5.74, 6) is 0.508. The lowest BCUT2D eigenvalue weighted by molar-refractivity contribution is -0.128. The van der Waals surface area contributed by atoms with Crippen LogP contribution in [0.4, 0.5) is 0 Å². The molecule has 0 aromatic heterocycles. The number of carbonyl (C=O) groups is 2. The van der Waals surface area contributed by atoms with Crippen LogP contribution >= 0.6 is 11.6 Å². The topological polar surface area (TPSA) is 67.4 Å². The molecule has 2 amide bonds. The first-order chi connectivity index (χ1) is 10.4. The molecule has 5 nitrogen and oxygen atoms in total. The van der Waals surface area contributed by atoms with Crippen LogP contribution in [0.3, 0.4) is 0 Å². The standard InChI is InChI=1S/C16H23ClN2O3/c1-10(2)7-14(16(21)18-3)19-15(20)8-11-5-6-12(22-4)9-13(11)17/h5-6,9-10,14H,7-8H2,1-4H3,(H,18,21)(H,19,20)/t14-/m0/s1. The molecule has 0 aliphatic carbocycles. The molecule has 122 valence electrons. The van der Waals surface area contributed by atoms with E-state index in [1.165, 1.54) is 0 Å². The average Bonchev–Trinajstić information content (AvgIpc) is 2.47. The Kier molecular flexibility index (Phi) is 7.18. The Morgan fingerprint density at radius 2 is 2.00 bits per heavy atom. The molecular formula is C16H23ClN2O3. The number of carbonyl (C=O) groups excluding carboxylic acids is 2. The molecule has 1 atom stereocenters. The van der Waals surface area contributed by atoms with Crippen molar-refractivity contribution in [1.82, 2.24) is 10.6 Å². The minimum atomic E-state index is -0.533. The maximum Gasteiger partial charge on any atom is 0.242 e. The Labute approximate surface area is 136 Å². The van der Waals surface area contributed by atoms with E-state index in [1.54, 1.807) is 32.4 Å². The van der Waals surface area contributed by atoms with Gasteiger partial charge in [0.15, 0.2) is 0 Å². The van der Waals surface area contributed by atoms with E-state index in [0.29, 0.717) is 28.7 Å². The van der Waals surface area contributed by atoms with Crippen LogP contribution in [-0.2, 0) is 16.0 Å². The van der Waals surface area contributed by atoms with Crippen molar-refractivity contribution in [2.75, 3.05) is 14.2 Å². The SMILES string of the molecule is CNC(=O)[C@H](CC(C)C)NC(=O)Cc1ccc(OC)cc1Cl. The number of rotatable bonds is 7. The highest BCUT2D eigenvalue weighted by atomic mass is 35.5. The van der Waals surface area contributed by atoms with Crippen LogP contribution in [0.5, 0.6) is 5.75 Å². The monoisotopic (exact) mass is 326 g/mol. The van der Waals surface area contributed by atoms with Gasteiger partial charge in [0.25, 0.3) is 0 Å². The van der Waals surface area contributed by atoms with Crippen molar-refractivity contribution in [3.63, 3.8) is 0 Å². The molecule has 1 aromatic rings. The highest BCUT2D eigenvalue weighted by molar-refractivity contribution is 6.31. The molecule has 0 heterocycles. The second kappa shape index (κ2) is 8.63. The molecular weight excluding hydrogens is 304 g/mol. The second-order valence-electron chi connectivity index (χ2n) is 5.50. The normalized spacial score (nSPS) is 11.9. The van der Waals surface area contributed by atoms with Crippen molar-refractivity contribution in [1.29, 1.82) is 0 Å². The third-order valence-electron chi connectivity index (χ3n) is 3.22. The zero-order valence-corrected chi connectivity index (χ0v) is 14.2. The molecule has 0 saturated heterocycles. The molecule has 0 saturated carbocycles. The highest BCUT2D eigenvalue weighted by Crippen LogP contribution is 2.22. The van der Waals surface area contributed by atoms with Gasteiger partial charge in [0, 0.05) is 12.1 Å². The van der Waals surface area contributed by atoms with Crippen LogP contribution in [0.2, 0.25) is 5.02 Å². The lowest BCUT2D eigenvalue weighted by Gasteiger charge is -2.19. The van der Waals surface area contributed by atoms with E-state index in [2.05, 4.69) is 10.6 Å². The van der Waals surface area contributed by atoms with Crippen LogP contribution in [0.25, 0.3) is 0 Å². The molecule has 0 aliphatic rings. The fourth-order valence-electron chi connectivity index (χ4n) is 2.09. The Balaban J connectivity index is 2.72. The van der Waals surface area contributed by atoms with Gasteiger partial charge in [-0.3, -0.25) is 9.59 Å². The predicted molar refractivity (Wildman–Crippen MR) is 87.2 cm³/mol. The molecule has 22 heavy (non-hydrogen) atoms. The van der Waals surface area contributed by atoms with Crippen molar-refractivity contribution < 1.29 is 14.3 Å². The first-order valence-electron chi connectivity index (χ1n) is 7.20. The summed E-state index contributed by atoms with van der Waals surface area (Å²) in [7, 11) is 3.11. The summed E-state index contributed by atoms with van der Waals surface area (Å²) in [6, 6.07) is 4.63. The van der Waals surface area contributed by atoms with Crippen molar-refractivity contribution in [3.05, 3.63) is 28.8 Å². The molecule has 0 aliphatic heterocycles. The smallest absolute Gasteiger partial charge is 0.242 e. The van der Waals surface area contributed by atoms with Gasteiger partial charge in [0.05, 0.1) is 13.5 Å². The van der Waals surface area contributed by atoms with Crippen LogP contribution in [0.1, 0.15) is 25.8 Å². The molecule has 0 fully saturated rings. The van der Waals surface area contributed by atoms with Gasteiger partial charge in [-0.15, -0.1) is 0 Å². The summed E-state index contributed by atoms with van der Waals surface area (Å²) in [5.41, 5.74) is 0.695. The van der Waals surface area contributed by atoms with Crippen molar-refractivity contribution in [2.24, 2.45) is 5.92 Å². The number of benzene rings is 1. The molecule has 1 rings (SSSR count). The van der Waals surface area contributed by atoms with Gasteiger partial charge < -0.3 is 15.4 Å². The minimum Gasteiger partial charge on any atom is -0.497 e. The van der Waals surface area contributed by atoms with E-state index in [9.17, 15) is 9.59 Å². The number of hydrogen-bond acceptors (Lipinski definition) is 3. The highest BCUT2D eigenvalue weighted by Gasteiger charge is 2.21. The number of amides is 2. The van der Waals surface area contributed by atoms with Crippen molar-refractivity contribution in [2.45, 2.75) is 32.7 Å². The Bertz CT molecular complexity index is 532. The fraction of sp³-hybridized carbons (Fsp3) is 0.500. The van der Waals surface area contributed by atoms with E-state index in [0.717, 1.165) is 0 Å². The van der Waals surface area contributed by atoms with E-state index >= 15 is 0 Å². The number of nitrogens with one attached hydrogen (secondary N) is 2. The third-order valence-corrected chi connectivity index (χ3v) is 3.57. The zero-order valence-electron chi connectivity index (χ0n) is 13.4. The first kappa shape index (κ1) is 18.3. The quantitative estimate of drug-likeness (QED) is 0.807. The number of likely N-dealkylation sites (N-methyl/N-ethyl adjacent to an activating group) is 1. The molecule has 6 heteroatoms. The maximum absolute atomic E-state index is 12.2. The molecule has 0 bridgehead atoms. The van der Waals surface area contributed by atoms with Gasteiger partial charge >= 0.3 is 0 Å². The maximum atomic E-state index is 12.2. The summed E-state index contributed by atoms with van der Waals surface area (Å²) < 4.78 is 5.07. The number of methoxy groups -OCH3 is 1. The Morgan fingerprint density at radius 3 is 2.50 bits per heavy atom. The van der Waals surface area contributed by atoms with Gasteiger partial charge in [0.2, 0.25) is 11.8 Å². The van der Waals surface area contributed by atoms with E-state index in [-0.39, 0.29) is 18.2 Å². The molecule has 2 N–H and O–H groups in total. The van der Waals surface area contributed by atoms with Gasteiger partial charge in [-0.1, -0.05) is 31.5 Å².